The minimum absolute atomic E-state index is 0.336. The van der Waals surface area contributed by atoms with Crippen LogP contribution in [0, 0.1) is 5.82 Å². The predicted molar refractivity (Wildman–Crippen MR) is 67.5 cm³/mol. The van der Waals surface area contributed by atoms with Gasteiger partial charge in [-0.25, -0.2) is 4.39 Å². The molecule has 0 spiro atoms. The zero-order valence-electron chi connectivity index (χ0n) is 9.98. The molecule has 1 amide bonds. The average Bonchev–Trinajstić information content (AvgIpc) is 2.37. The number of halogens is 1. The number of rotatable bonds is 3. The first-order chi connectivity index (χ1) is 8.61. The lowest BCUT2D eigenvalue weighted by Crippen LogP contribution is -2.13. The third-order valence-electron chi connectivity index (χ3n) is 2.77. The van der Waals surface area contributed by atoms with E-state index in [0.29, 0.717) is 17.7 Å². The highest BCUT2D eigenvalue weighted by Gasteiger charge is 2.09. The van der Waals surface area contributed by atoms with Crippen LogP contribution in [-0.4, -0.2) is 10.9 Å². The molecule has 0 aliphatic heterocycles. The van der Waals surface area contributed by atoms with Crippen LogP contribution in [0.25, 0.3) is 11.3 Å². The maximum absolute atomic E-state index is 13.1. The Hall–Kier alpha value is -2.23. The van der Waals surface area contributed by atoms with Crippen LogP contribution in [0.2, 0.25) is 0 Å². The number of amides is 1. The molecule has 4 heteroatoms. The van der Waals surface area contributed by atoms with Crippen molar-refractivity contribution in [2.24, 2.45) is 5.73 Å². The fraction of sp³-hybridized carbons (Fsp3) is 0.143. The molecule has 92 valence electrons. The van der Waals surface area contributed by atoms with E-state index < -0.39 is 5.91 Å². The number of primary amides is 1. The van der Waals surface area contributed by atoms with Crippen molar-refractivity contribution in [1.29, 1.82) is 0 Å². The van der Waals surface area contributed by atoms with Crippen molar-refractivity contribution in [3.8, 4) is 11.3 Å². The van der Waals surface area contributed by atoms with E-state index in [9.17, 15) is 9.18 Å². The SMILES string of the molecule is CCc1cc(-c2cc(F)ccn2)ccc1C(N)=O. The zero-order valence-corrected chi connectivity index (χ0v) is 9.98. The van der Waals surface area contributed by atoms with Crippen LogP contribution in [0.1, 0.15) is 22.8 Å². The first-order valence-electron chi connectivity index (χ1n) is 5.66. The Morgan fingerprint density at radius 1 is 1.33 bits per heavy atom. The number of hydrogen-bond donors (Lipinski definition) is 1. The maximum Gasteiger partial charge on any atom is 0.248 e. The van der Waals surface area contributed by atoms with Crippen LogP contribution < -0.4 is 5.73 Å². The molecule has 1 heterocycles. The lowest BCUT2D eigenvalue weighted by Gasteiger charge is -2.07. The van der Waals surface area contributed by atoms with Gasteiger partial charge in [0.25, 0.3) is 0 Å². The molecule has 2 rings (SSSR count). The van der Waals surface area contributed by atoms with Crippen LogP contribution in [-0.2, 0) is 6.42 Å². The zero-order chi connectivity index (χ0) is 13.1. The average molecular weight is 244 g/mol. The fourth-order valence-corrected chi connectivity index (χ4v) is 1.85. The Kier molecular flexibility index (Phi) is 3.37. The van der Waals surface area contributed by atoms with Crippen molar-refractivity contribution in [2.45, 2.75) is 13.3 Å². The largest absolute Gasteiger partial charge is 0.366 e. The van der Waals surface area contributed by atoms with E-state index in [-0.39, 0.29) is 5.82 Å². The van der Waals surface area contributed by atoms with Gasteiger partial charge in [-0.3, -0.25) is 9.78 Å². The Balaban J connectivity index is 2.51. The molecule has 3 nitrogen and oxygen atoms in total. The molecule has 2 aromatic rings. The molecule has 0 radical (unpaired) electrons. The van der Waals surface area contributed by atoms with Crippen molar-refractivity contribution < 1.29 is 9.18 Å². The normalized spacial score (nSPS) is 10.3. The first-order valence-corrected chi connectivity index (χ1v) is 5.66. The molecular weight excluding hydrogens is 231 g/mol. The van der Waals surface area contributed by atoms with Gasteiger partial charge in [-0.1, -0.05) is 13.0 Å². The molecule has 1 aromatic heterocycles. The summed E-state index contributed by atoms with van der Waals surface area (Å²) in [6.45, 7) is 1.94. The van der Waals surface area contributed by atoms with Gasteiger partial charge in [0.1, 0.15) is 5.82 Å². The van der Waals surface area contributed by atoms with E-state index in [1.54, 1.807) is 12.1 Å². The highest BCUT2D eigenvalue weighted by Crippen LogP contribution is 2.21. The number of aryl methyl sites for hydroxylation is 1. The van der Waals surface area contributed by atoms with Crippen LogP contribution in [0.5, 0.6) is 0 Å². The summed E-state index contributed by atoms with van der Waals surface area (Å²) in [5.74, 6) is -0.789. The molecule has 0 saturated carbocycles. The number of benzene rings is 1. The number of nitrogens with zero attached hydrogens (tertiary/aromatic N) is 1. The molecule has 0 atom stereocenters. The van der Waals surface area contributed by atoms with Crippen LogP contribution in [0.4, 0.5) is 4.39 Å². The molecule has 0 aliphatic rings. The molecule has 1 aromatic carbocycles. The van der Waals surface area contributed by atoms with E-state index in [1.165, 1.54) is 18.3 Å². The molecule has 0 fully saturated rings. The summed E-state index contributed by atoms with van der Waals surface area (Å²) in [5, 5.41) is 0. The third kappa shape index (κ3) is 2.37. The van der Waals surface area contributed by atoms with Gasteiger partial charge in [0.05, 0.1) is 5.69 Å². The summed E-state index contributed by atoms with van der Waals surface area (Å²) >= 11 is 0. The van der Waals surface area contributed by atoms with E-state index >= 15 is 0 Å². The first kappa shape index (κ1) is 12.2. The molecule has 0 bridgehead atoms. The number of aromatic nitrogens is 1. The molecule has 2 N–H and O–H groups in total. The van der Waals surface area contributed by atoms with Gasteiger partial charge in [-0.2, -0.15) is 0 Å². The third-order valence-corrected chi connectivity index (χ3v) is 2.77. The molecule has 0 aliphatic carbocycles. The summed E-state index contributed by atoms with van der Waals surface area (Å²) in [6, 6.07) is 7.85. The number of carbonyl (C=O) groups excluding carboxylic acids is 1. The highest BCUT2D eigenvalue weighted by molar-refractivity contribution is 5.95. The van der Waals surface area contributed by atoms with Crippen molar-refractivity contribution in [3.05, 3.63) is 53.5 Å². The standard InChI is InChI=1S/C14H13FN2O/c1-2-9-7-10(3-4-12(9)14(16)18)13-8-11(15)5-6-17-13/h3-8H,2H2,1H3,(H2,16,18). The van der Waals surface area contributed by atoms with Crippen LogP contribution >= 0.6 is 0 Å². The lowest BCUT2D eigenvalue weighted by molar-refractivity contribution is 0.0999. The monoisotopic (exact) mass is 244 g/mol. The number of carbonyl (C=O) groups is 1. The second-order valence-corrected chi connectivity index (χ2v) is 3.95. The minimum Gasteiger partial charge on any atom is -0.366 e. The Morgan fingerprint density at radius 3 is 2.72 bits per heavy atom. The second kappa shape index (κ2) is 4.96. The number of nitrogens with two attached hydrogens (primary N) is 1. The quantitative estimate of drug-likeness (QED) is 0.902. The van der Waals surface area contributed by atoms with Crippen molar-refractivity contribution >= 4 is 5.91 Å². The van der Waals surface area contributed by atoms with Gasteiger partial charge in [-0.05, 0) is 30.2 Å². The molecular formula is C14H13FN2O. The summed E-state index contributed by atoms with van der Waals surface area (Å²) in [4.78, 5) is 15.3. The molecule has 0 saturated heterocycles. The second-order valence-electron chi connectivity index (χ2n) is 3.95. The topological polar surface area (TPSA) is 56.0 Å². The Bertz CT molecular complexity index is 596. The summed E-state index contributed by atoms with van der Waals surface area (Å²) in [6.07, 6.45) is 2.10. The van der Waals surface area contributed by atoms with Crippen molar-refractivity contribution in [3.63, 3.8) is 0 Å². The molecule has 18 heavy (non-hydrogen) atoms. The van der Waals surface area contributed by atoms with Crippen molar-refractivity contribution in [1.82, 2.24) is 4.98 Å². The Labute approximate surface area is 104 Å². The van der Waals surface area contributed by atoms with Crippen LogP contribution in [0.3, 0.4) is 0 Å². The molecule has 0 unspecified atom stereocenters. The van der Waals surface area contributed by atoms with E-state index in [0.717, 1.165) is 11.1 Å². The van der Waals surface area contributed by atoms with Gasteiger partial charge < -0.3 is 5.73 Å². The van der Waals surface area contributed by atoms with E-state index in [1.807, 2.05) is 13.0 Å². The van der Waals surface area contributed by atoms with Gasteiger partial charge in [0, 0.05) is 23.4 Å². The minimum atomic E-state index is -0.453. The smallest absolute Gasteiger partial charge is 0.248 e. The summed E-state index contributed by atoms with van der Waals surface area (Å²) in [7, 11) is 0. The van der Waals surface area contributed by atoms with Crippen LogP contribution in [0.15, 0.2) is 36.5 Å². The lowest BCUT2D eigenvalue weighted by atomic mass is 9.99. The van der Waals surface area contributed by atoms with Gasteiger partial charge in [0.15, 0.2) is 0 Å². The number of pyridine rings is 1. The summed E-state index contributed by atoms with van der Waals surface area (Å²) in [5.41, 5.74) is 7.94. The van der Waals surface area contributed by atoms with E-state index in [4.69, 9.17) is 5.73 Å². The van der Waals surface area contributed by atoms with Gasteiger partial charge in [-0.15, -0.1) is 0 Å². The van der Waals surface area contributed by atoms with Crippen molar-refractivity contribution in [2.75, 3.05) is 0 Å². The van der Waals surface area contributed by atoms with Gasteiger partial charge >= 0.3 is 0 Å². The van der Waals surface area contributed by atoms with E-state index in [2.05, 4.69) is 4.98 Å². The Morgan fingerprint density at radius 2 is 2.11 bits per heavy atom. The number of hydrogen-bond acceptors (Lipinski definition) is 2. The fourth-order valence-electron chi connectivity index (χ4n) is 1.85. The maximum atomic E-state index is 13.1. The summed E-state index contributed by atoms with van der Waals surface area (Å²) < 4.78 is 13.1. The van der Waals surface area contributed by atoms with Gasteiger partial charge in [0.2, 0.25) is 5.91 Å². The highest BCUT2D eigenvalue weighted by atomic mass is 19.1. The predicted octanol–water partition coefficient (Wildman–Crippen LogP) is 2.55.